The van der Waals surface area contributed by atoms with E-state index >= 15 is 0 Å². The SMILES string of the molecule is Cc1cc(Cl)cc(C(=O)NC(C)C2CC2)c1NC(=O)C1CC(c2ncccc2S(=O)(=O)O)=NN1c1ncccc1Cl. The van der Waals surface area contributed by atoms with Gasteiger partial charge in [0.25, 0.3) is 16.0 Å². The standard InChI is InChI=1S/C27H26Cl2N6O5S/c1-14-11-17(28)12-18(26(36)32-15(2)16-7-8-16)23(14)33-27(37)21-13-20(24-22(41(38,39)40)6-4-9-30-24)34-35(21)25-19(29)5-3-10-31-25/h3-6,9-12,15-16,21H,7-8,13H2,1-2H3,(H,32,36)(H,33,37)(H,38,39,40). The molecule has 3 heterocycles. The van der Waals surface area contributed by atoms with E-state index in [1.165, 1.54) is 35.6 Å². The van der Waals surface area contributed by atoms with Gasteiger partial charge in [-0.2, -0.15) is 13.5 Å². The van der Waals surface area contributed by atoms with Gasteiger partial charge in [0.1, 0.15) is 16.6 Å². The lowest BCUT2D eigenvalue weighted by Gasteiger charge is -2.24. The number of carbonyl (C=O) groups is 2. The minimum atomic E-state index is -4.65. The Balaban J connectivity index is 1.51. The van der Waals surface area contributed by atoms with Crippen LogP contribution in [-0.2, 0) is 14.9 Å². The van der Waals surface area contributed by atoms with Crippen LogP contribution in [0.25, 0.3) is 0 Å². The first-order chi connectivity index (χ1) is 19.4. The van der Waals surface area contributed by atoms with E-state index < -0.39 is 27.0 Å². The Morgan fingerprint density at radius 3 is 2.51 bits per heavy atom. The number of aryl methyl sites for hydroxylation is 1. The summed E-state index contributed by atoms with van der Waals surface area (Å²) in [6.07, 6.45) is 4.81. The third-order valence-electron chi connectivity index (χ3n) is 6.97. The van der Waals surface area contributed by atoms with Gasteiger partial charge in [-0.05, 0) is 74.6 Å². The van der Waals surface area contributed by atoms with Crippen LogP contribution in [0.4, 0.5) is 11.5 Å². The first-order valence-electron chi connectivity index (χ1n) is 12.8. The summed E-state index contributed by atoms with van der Waals surface area (Å²) >= 11 is 12.7. The van der Waals surface area contributed by atoms with Crippen LogP contribution in [0.2, 0.25) is 10.0 Å². The lowest BCUT2D eigenvalue weighted by atomic mass is 10.0. The first kappa shape index (κ1) is 28.9. The van der Waals surface area contributed by atoms with Gasteiger partial charge in [-0.25, -0.2) is 9.99 Å². The molecule has 2 unspecified atom stereocenters. The molecule has 0 saturated heterocycles. The number of benzene rings is 1. The van der Waals surface area contributed by atoms with Gasteiger partial charge in [-0.1, -0.05) is 23.2 Å². The van der Waals surface area contributed by atoms with E-state index in [-0.39, 0.29) is 51.9 Å². The maximum absolute atomic E-state index is 13.9. The average Bonchev–Trinajstić information content (AvgIpc) is 3.68. The van der Waals surface area contributed by atoms with Gasteiger partial charge in [0, 0.05) is 29.9 Å². The van der Waals surface area contributed by atoms with E-state index in [9.17, 15) is 22.6 Å². The molecule has 41 heavy (non-hydrogen) atoms. The predicted octanol–water partition coefficient (Wildman–Crippen LogP) is 4.49. The molecule has 11 nitrogen and oxygen atoms in total. The number of nitrogens with zero attached hydrogens (tertiary/aromatic N) is 4. The minimum absolute atomic E-state index is 0.0340. The number of pyridine rings is 2. The molecule has 3 N–H and O–H groups in total. The smallest absolute Gasteiger partial charge is 0.296 e. The molecule has 1 aliphatic carbocycles. The molecule has 3 aromatic rings. The molecule has 0 spiro atoms. The summed E-state index contributed by atoms with van der Waals surface area (Å²) in [6.45, 7) is 3.66. The Morgan fingerprint density at radius 1 is 1.12 bits per heavy atom. The van der Waals surface area contributed by atoms with E-state index in [2.05, 4.69) is 25.7 Å². The number of aromatic nitrogens is 2. The van der Waals surface area contributed by atoms with Gasteiger partial charge in [-0.3, -0.25) is 19.1 Å². The van der Waals surface area contributed by atoms with Crippen molar-refractivity contribution < 1.29 is 22.6 Å². The van der Waals surface area contributed by atoms with E-state index in [1.54, 1.807) is 25.1 Å². The molecule has 2 amide bonds. The monoisotopic (exact) mass is 616 g/mol. The zero-order chi connectivity index (χ0) is 29.5. The number of amides is 2. The number of halogens is 2. The highest BCUT2D eigenvalue weighted by Crippen LogP contribution is 2.35. The fourth-order valence-corrected chi connectivity index (χ4v) is 5.85. The number of hydrogen-bond donors (Lipinski definition) is 3. The fraction of sp³-hybridized carbons (Fsp3) is 0.296. The normalized spacial score (nSPS) is 17.6. The van der Waals surface area contributed by atoms with Crippen molar-refractivity contribution in [2.24, 2.45) is 11.0 Å². The van der Waals surface area contributed by atoms with Gasteiger partial charge < -0.3 is 10.6 Å². The Morgan fingerprint density at radius 2 is 1.83 bits per heavy atom. The molecule has 0 bridgehead atoms. The Labute approximate surface area is 246 Å². The summed E-state index contributed by atoms with van der Waals surface area (Å²) in [5.41, 5.74) is 1.05. The van der Waals surface area contributed by atoms with Crippen LogP contribution in [0, 0.1) is 12.8 Å². The van der Waals surface area contributed by atoms with Crippen LogP contribution < -0.4 is 15.6 Å². The maximum Gasteiger partial charge on any atom is 0.296 e. The second-order valence-electron chi connectivity index (χ2n) is 9.98. The number of anilines is 2. The zero-order valence-corrected chi connectivity index (χ0v) is 24.3. The topological polar surface area (TPSA) is 154 Å². The molecule has 2 atom stereocenters. The van der Waals surface area contributed by atoms with E-state index in [0.717, 1.165) is 12.8 Å². The van der Waals surface area contributed by atoms with E-state index in [1.807, 2.05) is 6.92 Å². The first-order valence-corrected chi connectivity index (χ1v) is 15.0. The van der Waals surface area contributed by atoms with Crippen molar-refractivity contribution >= 4 is 62.4 Å². The van der Waals surface area contributed by atoms with Crippen molar-refractivity contribution in [3.8, 4) is 0 Å². The third kappa shape index (κ3) is 6.20. The third-order valence-corrected chi connectivity index (χ3v) is 8.37. The van der Waals surface area contributed by atoms with E-state index in [0.29, 0.717) is 16.5 Å². The number of hydrazone groups is 1. The second-order valence-corrected chi connectivity index (χ2v) is 12.2. The van der Waals surface area contributed by atoms with Crippen LogP contribution in [0.5, 0.6) is 0 Å². The summed E-state index contributed by atoms with van der Waals surface area (Å²) in [4.78, 5) is 35.0. The van der Waals surface area contributed by atoms with Gasteiger partial charge in [0.15, 0.2) is 5.82 Å². The number of rotatable bonds is 8. The molecule has 1 aliphatic heterocycles. The highest BCUT2D eigenvalue weighted by Gasteiger charge is 2.38. The molecule has 2 aliphatic rings. The van der Waals surface area contributed by atoms with Gasteiger partial charge >= 0.3 is 0 Å². The van der Waals surface area contributed by atoms with Crippen LogP contribution in [0.1, 0.15) is 47.8 Å². The quantitative estimate of drug-likeness (QED) is 0.313. The minimum Gasteiger partial charge on any atom is -0.349 e. The molecular weight excluding hydrogens is 591 g/mol. The molecule has 214 valence electrons. The highest BCUT2D eigenvalue weighted by atomic mass is 35.5. The summed E-state index contributed by atoms with van der Waals surface area (Å²) < 4.78 is 33.9. The molecule has 2 aromatic heterocycles. The Kier molecular flexibility index (Phi) is 8.02. The fourth-order valence-electron chi connectivity index (χ4n) is 4.71. The molecule has 5 rings (SSSR count). The number of nitrogens with one attached hydrogen (secondary N) is 2. The summed E-state index contributed by atoms with van der Waals surface area (Å²) in [5.74, 6) is -0.367. The lowest BCUT2D eigenvalue weighted by molar-refractivity contribution is -0.117. The van der Waals surface area contributed by atoms with Crippen molar-refractivity contribution in [1.82, 2.24) is 15.3 Å². The summed E-state index contributed by atoms with van der Waals surface area (Å²) in [7, 11) is -4.65. The number of hydrogen-bond acceptors (Lipinski definition) is 8. The van der Waals surface area contributed by atoms with E-state index in [4.69, 9.17) is 23.2 Å². The number of carbonyl (C=O) groups excluding carboxylic acids is 2. The molecule has 1 fully saturated rings. The van der Waals surface area contributed by atoms with Gasteiger partial charge in [0.2, 0.25) is 5.91 Å². The predicted molar refractivity (Wildman–Crippen MR) is 155 cm³/mol. The second kappa shape index (κ2) is 11.4. The van der Waals surface area contributed by atoms with Crippen molar-refractivity contribution in [2.75, 3.05) is 10.3 Å². The van der Waals surface area contributed by atoms with Crippen molar-refractivity contribution in [2.45, 2.75) is 50.1 Å². The summed E-state index contributed by atoms with van der Waals surface area (Å²) in [5, 5.41) is 12.1. The van der Waals surface area contributed by atoms with Crippen molar-refractivity contribution in [3.05, 3.63) is 75.7 Å². The molecule has 1 aromatic carbocycles. The molecular formula is C27H26Cl2N6O5S. The molecule has 14 heteroatoms. The Bertz CT molecular complexity index is 1680. The highest BCUT2D eigenvalue weighted by molar-refractivity contribution is 7.86. The van der Waals surface area contributed by atoms with Crippen LogP contribution in [0.15, 0.2) is 58.8 Å². The van der Waals surface area contributed by atoms with Crippen molar-refractivity contribution in [1.29, 1.82) is 0 Å². The van der Waals surface area contributed by atoms with Gasteiger partial charge in [0.05, 0.1) is 22.0 Å². The van der Waals surface area contributed by atoms with Crippen LogP contribution >= 0.6 is 23.2 Å². The largest absolute Gasteiger partial charge is 0.349 e. The lowest BCUT2D eigenvalue weighted by Crippen LogP contribution is -2.40. The van der Waals surface area contributed by atoms with Crippen molar-refractivity contribution in [3.63, 3.8) is 0 Å². The maximum atomic E-state index is 13.9. The molecule has 1 saturated carbocycles. The molecule has 0 radical (unpaired) electrons. The Hall–Kier alpha value is -3.58. The van der Waals surface area contributed by atoms with Gasteiger partial charge in [-0.15, -0.1) is 0 Å². The average molecular weight is 618 g/mol. The van der Waals surface area contributed by atoms with Crippen LogP contribution in [0.3, 0.4) is 0 Å². The van der Waals surface area contributed by atoms with Crippen LogP contribution in [-0.4, -0.2) is 52.5 Å². The summed E-state index contributed by atoms with van der Waals surface area (Å²) in [6, 6.07) is 7.77. The zero-order valence-electron chi connectivity index (χ0n) is 22.0.